The molecule has 154 valence electrons. The highest BCUT2D eigenvalue weighted by Crippen LogP contribution is 2.47. The highest BCUT2D eigenvalue weighted by molar-refractivity contribution is 7.14. The lowest BCUT2D eigenvalue weighted by molar-refractivity contribution is 0.172. The van der Waals surface area contributed by atoms with Crippen molar-refractivity contribution in [3.8, 4) is 23.0 Å². The van der Waals surface area contributed by atoms with Crippen molar-refractivity contribution in [3.05, 3.63) is 67.6 Å². The number of aryl methyl sites for hydroxylation is 2. The zero-order valence-electron chi connectivity index (χ0n) is 16.9. The summed E-state index contributed by atoms with van der Waals surface area (Å²) in [6, 6.07) is 0. The van der Waals surface area contributed by atoms with E-state index in [0.29, 0.717) is 26.4 Å². The van der Waals surface area contributed by atoms with Crippen molar-refractivity contribution < 1.29 is 18.9 Å². The largest absolute Gasteiger partial charge is 0.485 e. The molecule has 4 heterocycles. The second-order valence-corrected chi connectivity index (χ2v) is 9.54. The van der Waals surface area contributed by atoms with Crippen LogP contribution in [0.25, 0.3) is 11.6 Å². The van der Waals surface area contributed by atoms with Gasteiger partial charge in [-0.25, -0.2) is 0 Å². The fraction of sp³-hybridized carbons (Fsp3) is 0.250. The van der Waals surface area contributed by atoms with Gasteiger partial charge in [-0.05, 0) is 31.1 Å². The lowest BCUT2D eigenvalue weighted by atomic mass is 10.1. The Labute approximate surface area is 184 Å². The number of allylic oxidation sites excluding steroid dienone is 9. The third kappa shape index (κ3) is 3.61. The minimum atomic E-state index is 0.596. The zero-order valence-corrected chi connectivity index (χ0v) is 18.5. The minimum Gasteiger partial charge on any atom is -0.485 e. The molecule has 30 heavy (non-hydrogen) atoms. The van der Waals surface area contributed by atoms with Gasteiger partial charge in [-0.2, -0.15) is 0 Å². The quantitative estimate of drug-likeness (QED) is 0.579. The van der Waals surface area contributed by atoms with Crippen molar-refractivity contribution >= 4 is 34.3 Å². The van der Waals surface area contributed by atoms with E-state index in [1.54, 1.807) is 22.7 Å². The average molecular weight is 439 g/mol. The normalized spacial score (nSPS) is 23.1. The Morgan fingerprint density at radius 2 is 1.33 bits per heavy atom. The molecule has 0 spiro atoms. The first-order valence-electron chi connectivity index (χ1n) is 9.94. The van der Waals surface area contributed by atoms with Crippen LogP contribution in [0, 0.1) is 13.8 Å². The molecule has 4 nitrogen and oxygen atoms in total. The third-order valence-electron chi connectivity index (χ3n) is 4.97. The van der Waals surface area contributed by atoms with Crippen LogP contribution >= 0.6 is 22.7 Å². The van der Waals surface area contributed by atoms with E-state index in [1.165, 1.54) is 0 Å². The fourth-order valence-electron chi connectivity index (χ4n) is 3.59. The summed E-state index contributed by atoms with van der Waals surface area (Å²) in [5, 5.41) is 0. The lowest BCUT2D eigenvalue weighted by Crippen LogP contribution is -2.15. The highest BCUT2D eigenvalue weighted by Gasteiger charge is 2.23. The van der Waals surface area contributed by atoms with E-state index in [0.717, 1.165) is 53.7 Å². The lowest BCUT2D eigenvalue weighted by Gasteiger charge is -2.17. The van der Waals surface area contributed by atoms with E-state index >= 15 is 0 Å². The molecule has 2 aromatic heterocycles. The average Bonchev–Trinajstić information content (AvgIpc) is 3.25. The molecule has 5 rings (SSSR count). The maximum Gasteiger partial charge on any atom is 0.180 e. The summed E-state index contributed by atoms with van der Waals surface area (Å²) in [5.41, 5.74) is 2.24. The minimum absolute atomic E-state index is 0.596. The Kier molecular flexibility index (Phi) is 5.27. The maximum atomic E-state index is 5.90. The third-order valence-corrected chi connectivity index (χ3v) is 7.12. The van der Waals surface area contributed by atoms with Gasteiger partial charge in [-0.15, -0.1) is 22.7 Å². The smallest absolute Gasteiger partial charge is 0.180 e. The van der Waals surface area contributed by atoms with Crippen LogP contribution in [0.2, 0.25) is 0 Å². The van der Waals surface area contributed by atoms with Crippen LogP contribution in [0.3, 0.4) is 0 Å². The first kappa shape index (κ1) is 19.3. The molecule has 0 saturated carbocycles. The van der Waals surface area contributed by atoms with Gasteiger partial charge in [0, 0.05) is 9.75 Å². The van der Waals surface area contributed by atoms with Crippen molar-refractivity contribution in [2.75, 3.05) is 26.4 Å². The van der Waals surface area contributed by atoms with Gasteiger partial charge < -0.3 is 18.9 Å². The number of fused-ring (bicyclic) bond motifs is 2. The molecule has 0 unspecified atom stereocenters. The van der Waals surface area contributed by atoms with Crippen molar-refractivity contribution in [2.24, 2.45) is 0 Å². The van der Waals surface area contributed by atoms with Gasteiger partial charge in [0.1, 0.15) is 26.4 Å². The molecule has 0 fully saturated rings. The Balaban J connectivity index is 1.37. The molecule has 3 aliphatic rings. The second-order valence-electron chi connectivity index (χ2n) is 7.06. The topological polar surface area (TPSA) is 36.9 Å². The van der Waals surface area contributed by atoms with Crippen LogP contribution < -0.4 is 18.9 Å². The van der Waals surface area contributed by atoms with Gasteiger partial charge in [-0.3, -0.25) is 0 Å². The van der Waals surface area contributed by atoms with Gasteiger partial charge in [0.25, 0.3) is 0 Å². The molecular formula is C24H22O4S2. The summed E-state index contributed by atoms with van der Waals surface area (Å²) < 4.78 is 23.3. The summed E-state index contributed by atoms with van der Waals surface area (Å²) >= 11 is 3.41. The molecule has 1 aliphatic carbocycles. The van der Waals surface area contributed by atoms with Crippen LogP contribution in [0.1, 0.15) is 19.5 Å². The van der Waals surface area contributed by atoms with Crippen LogP contribution in [0.5, 0.6) is 23.0 Å². The van der Waals surface area contributed by atoms with Crippen LogP contribution in [0.4, 0.5) is 0 Å². The van der Waals surface area contributed by atoms with Crippen molar-refractivity contribution in [1.82, 2.24) is 0 Å². The number of hydrogen-bond acceptors (Lipinski definition) is 6. The highest BCUT2D eigenvalue weighted by atomic mass is 32.1. The Morgan fingerprint density at radius 3 is 2.13 bits per heavy atom. The standard InChI is InChI=1S/C24H22O4S2/c1-15-20-22(27-13-11-25-20)19(29-15)10-9-17-5-3-7-18(8-4-6-17)24-23-21(16(2)30-24)26-12-14-28-23/h3-10H,11-14H2,1-2H3/b5-3-,6-4?,7-3?,8-4-,10-9+,17-5?,17-6-,18-7-,18-8?. The van der Waals surface area contributed by atoms with Crippen LogP contribution in [-0.4, -0.2) is 26.4 Å². The number of thiophene rings is 2. The first-order valence-corrected chi connectivity index (χ1v) is 11.6. The monoisotopic (exact) mass is 438 g/mol. The van der Waals surface area contributed by atoms with E-state index < -0.39 is 0 Å². The zero-order chi connectivity index (χ0) is 20.5. The number of rotatable bonds is 3. The maximum absolute atomic E-state index is 5.90. The van der Waals surface area contributed by atoms with E-state index in [2.05, 4.69) is 62.5 Å². The van der Waals surface area contributed by atoms with Gasteiger partial charge in [0.15, 0.2) is 23.0 Å². The molecule has 0 aromatic carbocycles. The Morgan fingerprint density at radius 1 is 0.700 bits per heavy atom. The fourth-order valence-corrected chi connectivity index (χ4v) is 5.59. The molecular weight excluding hydrogens is 416 g/mol. The van der Waals surface area contributed by atoms with Gasteiger partial charge >= 0.3 is 0 Å². The van der Waals surface area contributed by atoms with Crippen molar-refractivity contribution in [2.45, 2.75) is 13.8 Å². The molecule has 0 radical (unpaired) electrons. The predicted molar refractivity (Wildman–Crippen MR) is 123 cm³/mol. The van der Waals surface area contributed by atoms with E-state index in [9.17, 15) is 0 Å². The SMILES string of the molecule is Cc1sc(/C=C/C2=C\C=C/C(c3sc(C)c4c3OCCO4)=C/C=C\2)c2c1OCCO2. The van der Waals surface area contributed by atoms with Crippen molar-refractivity contribution in [1.29, 1.82) is 0 Å². The number of hydrogen-bond donors (Lipinski definition) is 0. The van der Waals surface area contributed by atoms with Gasteiger partial charge in [-0.1, -0.05) is 42.5 Å². The Bertz CT molecular complexity index is 1120. The summed E-state index contributed by atoms with van der Waals surface area (Å²) in [5.74, 6) is 3.52. The molecule has 0 saturated heterocycles. The molecule has 2 aliphatic heterocycles. The molecule has 6 heteroatoms. The molecule has 0 atom stereocenters. The van der Waals surface area contributed by atoms with Crippen molar-refractivity contribution in [3.63, 3.8) is 0 Å². The summed E-state index contributed by atoms with van der Waals surface area (Å²) in [4.78, 5) is 4.52. The first-order chi connectivity index (χ1) is 14.7. The van der Waals surface area contributed by atoms with E-state index in [-0.39, 0.29) is 0 Å². The molecule has 2 aromatic rings. The second kappa shape index (κ2) is 8.20. The van der Waals surface area contributed by atoms with Gasteiger partial charge in [0.05, 0.1) is 9.75 Å². The molecule has 0 N–H and O–H groups in total. The van der Waals surface area contributed by atoms with Gasteiger partial charge in [0.2, 0.25) is 0 Å². The van der Waals surface area contributed by atoms with E-state index in [1.807, 2.05) is 0 Å². The Hall–Kier alpha value is -2.70. The molecule has 0 bridgehead atoms. The van der Waals surface area contributed by atoms with Crippen LogP contribution in [-0.2, 0) is 0 Å². The predicted octanol–water partition coefficient (Wildman–Crippen LogP) is 6.12. The number of ether oxygens (including phenoxy) is 4. The van der Waals surface area contributed by atoms with Crippen LogP contribution in [0.15, 0.2) is 48.1 Å². The summed E-state index contributed by atoms with van der Waals surface area (Å²) in [7, 11) is 0. The molecule has 0 amide bonds. The summed E-state index contributed by atoms with van der Waals surface area (Å²) in [6.07, 6.45) is 16.8. The summed E-state index contributed by atoms with van der Waals surface area (Å²) in [6.45, 7) is 6.57. The van der Waals surface area contributed by atoms with E-state index in [4.69, 9.17) is 18.9 Å².